The summed E-state index contributed by atoms with van der Waals surface area (Å²) in [4.78, 5) is 7.27. The summed E-state index contributed by atoms with van der Waals surface area (Å²) >= 11 is 2.28. The fraction of sp³-hybridized carbons (Fsp3) is 0.583. The van der Waals surface area contributed by atoms with Gasteiger partial charge >= 0.3 is 0 Å². The number of halogens is 1. The molecule has 3 aliphatic rings. The highest BCUT2D eigenvalue weighted by molar-refractivity contribution is 14.1. The lowest BCUT2D eigenvalue weighted by molar-refractivity contribution is -0.0386. The molecule has 0 spiro atoms. The number of ether oxygens (including phenoxy) is 2. The minimum atomic E-state index is -0.464. The molecule has 9 nitrogen and oxygen atoms in total. The third-order valence-corrected chi connectivity index (χ3v) is 7.95. The second kappa shape index (κ2) is 8.46. The van der Waals surface area contributed by atoms with Crippen molar-refractivity contribution in [3.05, 3.63) is 27.1 Å². The molecular formula is C24H28IN7O2. The van der Waals surface area contributed by atoms with Crippen LogP contribution in [0.5, 0.6) is 0 Å². The molecule has 3 aromatic heterocycles. The van der Waals surface area contributed by atoms with Gasteiger partial charge < -0.3 is 14.4 Å². The van der Waals surface area contributed by atoms with Crippen LogP contribution in [0, 0.1) is 22.0 Å². The molecule has 0 bridgehead atoms. The van der Waals surface area contributed by atoms with E-state index in [-0.39, 0.29) is 12.3 Å². The second-order valence-electron chi connectivity index (χ2n) is 9.65. The first-order valence-electron chi connectivity index (χ1n) is 12.0. The van der Waals surface area contributed by atoms with Crippen LogP contribution in [-0.2, 0) is 14.9 Å². The first-order valence-corrected chi connectivity index (χ1v) is 13.1. The SMILES string of the molecule is Cc1cc(-c2nc(I)c3c(C4(C#N)CC4)cc(N4CCOCC4C)nn23)n(C2CCCCO2)n1. The molecule has 3 aromatic rings. The van der Waals surface area contributed by atoms with Gasteiger partial charge in [-0.05, 0) is 80.7 Å². The lowest BCUT2D eigenvalue weighted by Crippen LogP contribution is -2.44. The zero-order chi connectivity index (χ0) is 23.4. The molecule has 6 rings (SSSR count). The van der Waals surface area contributed by atoms with Gasteiger partial charge in [0.2, 0.25) is 0 Å². The van der Waals surface area contributed by atoms with E-state index in [4.69, 9.17) is 24.7 Å². The summed E-state index contributed by atoms with van der Waals surface area (Å²) in [5, 5.41) is 20.0. The van der Waals surface area contributed by atoms with Crippen molar-refractivity contribution in [1.82, 2.24) is 24.4 Å². The number of hydrogen-bond acceptors (Lipinski definition) is 7. The molecule has 2 aliphatic heterocycles. The standard InChI is InChI=1S/C24H28IN7O2/c1-15-11-18(31(28-15)20-5-3-4-9-34-20)23-27-22(25)21-17(24(14-26)6-7-24)12-19(29-32(21)23)30-8-10-33-13-16(30)2/h11-12,16,20H,3-10,13H2,1-2H3. The molecule has 10 heteroatoms. The number of aryl methyl sites for hydroxylation is 1. The van der Waals surface area contributed by atoms with E-state index in [0.717, 1.165) is 83.1 Å². The van der Waals surface area contributed by atoms with Crippen LogP contribution in [0.1, 0.15) is 56.5 Å². The Morgan fingerprint density at radius 2 is 2.06 bits per heavy atom. The van der Waals surface area contributed by atoms with Gasteiger partial charge in [0, 0.05) is 18.7 Å². The number of nitrogens with zero attached hydrogens (tertiary/aromatic N) is 7. The number of imidazole rings is 1. The van der Waals surface area contributed by atoms with Crippen molar-refractivity contribution in [1.29, 1.82) is 5.26 Å². The lowest BCUT2D eigenvalue weighted by Gasteiger charge is -2.34. The number of aromatic nitrogens is 5. The van der Waals surface area contributed by atoms with Gasteiger partial charge in [-0.1, -0.05) is 0 Å². The van der Waals surface area contributed by atoms with Crippen LogP contribution in [0.4, 0.5) is 5.82 Å². The molecule has 0 aromatic carbocycles. The average Bonchev–Trinajstić information content (AvgIpc) is 3.46. The predicted molar refractivity (Wildman–Crippen MR) is 135 cm³/mol. The summed E-state index contributed by atoms with van der Waals surface area (Å²) < 4.78 is 16.5. The molecule has 178 valence electrons. The van der Waals surface area contributed by atoms with Gasteiger partial charge in [-0.15, -0.1) is 5.10 Å². The molecule has 34 heavy (non-hydrogen) atoms. The molecule has 1 aliphatic carbocycles. The molecule has 3 fully saturated rings. The lowest BCUT2D eigenvalue weighted by atomic mass is 9.98. The maximum atomic E-state index is 10.1. The molecule has 1 saturated carbocycles. The Morgan fingerprint density at radius 1 is 1.21 bits per heavy atom. The second-order valence-corrected chi connectivity index (χ2v) is 10.7. The highest BCUT2D eigenvalue weighted by atomic mass is 127. The van der Waals surface area contributed by atoms with E-state index in [0.29, 0.717) is 13.2 Å². The summed E-state index contributed by atoms with van der Waals surface area (Å²) in [7, 11) is 0. The summed E-state index contributed by atoms with van der Waals surface area (Å²) in [6.45, 7) is 7.00. The van der Waals surface area contributed by atoms with Crippen molar-refractivity contribution in [3.63, 3.8) is 0 Å². The molecule has 2 atom stereocenters. The number of hydrogen-bond donors (Lipinski definition) is 0. The zero-order valence-corrected chi connectivity index (χ0v) is 21.7. The highest BCUT2D eigenvalue weighted by Crippen LogP contribution is 2.50. The van der Waals surface area contributed by atoms with Crippen LogP contribution in [-0.4, -0.2) is 56.8 Å². The smallest absolute Gasteiger partial charge is 0.181 e. The number of morpholine rings is 1. The molecule has 5 heterocycles. The van der Waals surface area contributed by atoms with Crippen LogP contribution < -0.4 is 4.90 Å². The van der Waals surface area contributed by atoms with E-state index in [1.54, 1.807) is 0 Å². The van der Waals surface area contributed by atoms with Crippen molar-refractivity contribution >= 4 is 33.9 Å². The van der Waals surface area contributed by atoms with Gasteiger partial charge in [0.15, 0.2) is 12.1 Å². The minimum absolute atomic E-state index is 0.0988. The predicted octanol–water partition coefficient (Wildman–Crippen LogP) is 3.99. The maximum Gasteiger partial charge on any atom is 0.181 e. The maximum absolute atomic E-state index is 10.1. The van der Waals surface area contributed by atoms with Crippen LogP contribution in [0.15, 0.2) is 12.1 Å². The molecular weight excluding hydrogens is 545 g/mol. The highest BCUT2D eigenvalue weighted by Gasteiger charge is 2.47. The van der Waals surface area contributed by atoms with Gasteiger partial charge in [-0.2, -0.15) is 10.4 Å². The number of nitriles is 1. The van der Waals surface area contributed by atoms with Gasteiger partial charge in [-0.25, -0.2) is 14.2 Å². The average molecular weight is 573 g/mol. The molecule has 2 unspecified atom stereocenters. The third kappa shape index (κ3) is 3.60. The number of fused-ring (bicyclic) bond motifs is 1. The van der Waals surface area contributed by atoms with Crippen LogP contribution in [0.2, 0.25) is 0 Å². The molecule has 0 amide bonds. The quantitative estimate of drug-likeness (QED) is 0.436. The summed E-state index contributed by atoms with van der Waals surface area (Å²) in [5.74, 6) is 1.61. The fourth-order valence-corrected chi connectivity index (χ4v) is 5.91. The first kappa shape index (κ1) is 22.2. The van der Waals surface area contributed by atoms with Gasteiger partial charge in [0.1, 0.15) is 20.7 Å². The van der Waals surface area contributed by atoms with Crippen molar-refractivity contribution in [2.45, 2.75) is 63.6 Å². The van der Waals surface area contributed by atoms with E-state index in [9.17, 15) is 5.26 Å². The number of anilines is 1. The van der Waals surface area contributed by atoms with E-state index >= 15 is 0 Å². The summed E-state index contributed by atoms with van der Waals surface area (Å²) in [6, 6.07) is 6.98. The Bertz CT molecular complexity index is 1280. The summed E-state index contributed by atoms with van der Waals surface area (Å²) in [6.07, 6.45) is 4.77. The Kier molecular flexibility index (Phi) is 5.54. The monoisotopic (exact) mass is 573 g/mol. The van der Waals surface area contributed by atoms with Crippen molar-refractivity contribution < 1.29 is 9.47 Å². The minimum Gasteiger partial charge on any atom is -0.377 e. The Hall–Kier alpha value is -2.23. The Labute approximate surface area is 212 Å². The molecule has 0 N–H and O–H groups in total. The van der Waals surface area contributed by atoms with Crippen LogP contribution in [0.25, 0.3) is 17.0 Å². The molecule has 2 saturated heterocycles. The summed E-state index contributed by atoms with van der Waals surface area (Å²) in [5.41, 5.74) is 3.31. The molecule has 0 radical (unpaired) electrons. The van der Waals surface area contributed by atoms with E-state index in [1.165, 1.54) is 0 Å². The Balaban J connectivity index is 1.57. The largest absolute Gasteiger partial charge is 0.377 e. The van der Waals surface area contributed by atoms with Crippen LogP contribution in [0.3, 0.4) is 0 Å². The van der Waals surface area contributed by atoms with Gasteiger partial charge in [0.05, 0.1) is 36.4 Å². The Morgan fingerprint density at radius 3 is 2.76 bits per heavy atom. The van der Waals surface area contributed by atoms with E-state index < -0.39 is 5.41 Å². The first-order chi connectivity index (χ1) is 16.5. The van der Waals surface area contributed by atoms with E-state index in [2.05, 4.69) is 52.6 Å². The number of rotatable bonds is 4. The third-order valence-electron chi connectivity index (χ3n) is 7.20. The fourth-order valence-electron chi connectivity index (χ4n) is 5.16. The van der Waals surface area contributed by atoms with Gasteiger partial charge in [-0.3, -0.25) is 0 Å². The van der Waals surface area contributed by atoms with Crippen LogP contribution >= 0.6 is 22.6 Å². The van der Waals surface area contributed by atoms with Crippen molar-refractivity contribution in [3.8, 4) is 17.6 Å². The van der Waals surface area contributed by atoms with Crippen molar-refractivity contribution in [2.75, 3.05) is 31.3 Å². The van der Waals surface area contributed by atoms with E-state index in [1.807, 2.05) is 16.1 Å². The van der Waals surface area contributed by atoms with Crippen molar-refractivity contribution in [2.24, 2.45) is 0 Å². The zero-order valence-electron chi connectivity index (χ0n) is 19.5. The topological polar surface area (TPSA) is 93.5 Å². The normalized spacial score (nSPS) is 24.4. The van der Waals surface area contributed by atoms with Gasteiger partial charge in [0.25, 0.3) is 0 Å².